The highest BCUT2D eigenvalue weighted by Crippen LogP contribution is 2.36. The largest absolute Gasteiger partial charge is 0.490 e. The van der Waals surface area contributed by atoms with Crippen molar-refractivity contribution in [3.8, 4) is 0 Å². The van der Waals surface area contributed by atoms with Crippen molar-refractivity contribution in [1.82, 2.24) is 19.7 Å². The Morgan fingerprint density at radius 2 is 1.64 bits per heavy atom. The fraction of sp³-hybridized carbons (Fsp3) is 0.700. The molecule has 2 saturated heterocycles. The summed E-state index contributed by atoms with van der Waals surface area (Å²) in [5.74, 6) is -4.66. The third kappa shape index (κ3) is 10.3. The number of fused-ring (bicyclic) bond motifs is 1. The zero-order valence-corrected chi connectivity index (χ0v) is 20.5. The maximum atomic E-state index is 12.1. The van der Waals surface area contributed by atoms with E-state index < -0.39 is 24.3 Å². The smallest absolute Gasteiger partial charge is 0.475 e. The van der Waals surface area contributed by atoms with Crippen molar-refractivity contribution < 1.29 is 50.9 Å². The topological polar surface area (TPSA) is 114 Å². The first-order valence-corrected chi connectivity index (χ1v) is 11.5. The van der Waals surface area contributed by atoms with E-state index in [1.165, 1.54) is 5.01 Å². The number of halogens is 6. The molecule has 0 unspecified atom stereocenters. The van der Waals surface area contributed by atoms with Crippen LogP contribution in [0.5, 0.6) is 0 Å². The van der Waals surface area contributed by atoms with Crippen LogP contribution in [-0.2, 0) is 20.9 Å². The molecular weight excluding hydrogens is 522 g/mol. The fourth-order valence-electron chi connectivity index (χ4n) is 4.17. The van der Waals surface area contributed by atoms with Crippen molar-refractivity contribution in [3.63, 3.8) is 0 Å². The van der Waals surface area contributed by atoms with Crippen molar-refractivity contribution in [2.75, 3.05) is 33.7 Å². The van der Waals surface area contributed by atoms with Crippen molar-refractivity contribution in [1.29, 1.82) is 0 Å². The summed E-state index contributed by atoms with van der Waals surface area (Å²) in [5.41, 5.74) is 0. The van der Waals surface area contributed by atoms with Crippen LogP contribution >= 0.6 is 11.3 Å². The van der Waals surface area contributed by atoms with Gasteiger partial charge in [0.25, 0.3) is 0 Å². The lowest BCUT2D eigenvalue weighted by molar-refractivity contribution is -0.193. The lowest BCUT2D eigenvalue weighted by Crippen LogP contribution is -2.49. The molecule has 2 fully saturated rings. The monoisotopic (exact) mass is 550 g/mol. The Bertz CT molecular complexity index is 842. The van der Waals surface area contributed by atoms with Gasteiger partial charge in [0.1, 0.15) is 5.01 Å². The van der Waals surface area contributed by atoms with Gasteiger partial charge in [-0.3, -0.25) is 9.69 Å². The molecule has 2 N–H and O–H groups in total. The van der Waals surface area contributed by atoms with E-state index in [1.807, 2.05) is 11.6 Å². The summed E-state index contributed by atoms with van der Waals surface area (Å²) in [6.07, 6.45) is -6.05. The van der Waals surface area contributed by atoms with E-state index in [-0.39, 0.29) is 5.91 Å². The van der Waals surface area contributed by atoms with Gasteiger partial charge in [-0.05, 0) is 32.9 Å². The Hall–Kier alpha value is -2.46. The van der Waals surface area contributed by atoms with Gasteiger partial charge in [0.05, 0.1) is 6.54 Å². The average molecular weight is 551 g/mol. The summed E-state index contributed by atoms with van der Waals surface area (Å²) in [5, 5.41) is 17.5. The fourth-order valence-corrected chi connectivity index (χ4v) is 4.83. The van der Waals surface area contributed by atoms with Crippen LogP contribution in [0.4, 0.5) is 26.3 Å². The maximum absolute atomic E-state index is 12.1. The van der Waals surface area contributed by atoms with Gasteiger partial charge in [-0.1, -0.05) is 0 Å². The van der Waals surface area contributed by atoms with E-state index in [2.05, 4.69) is 33.8 Å². The highest BCUT2D eigenvalue weighted by Gasteiger charge is 2.45. The molecule has 3 heterocycles. The van der Waals surface area contributed by atoms with E-state index in [4.69, 9.17) is 19.8 Å². The Morgan fingerprint density at radius 3 is 2.03 bits per heavy atom. The number of aromatic nitrogens is 1. The second-order valence-electron chi connectivity index (χ2n) is 8.46. The van der Waals surface area contributed by atoms with E-state index in [0.717, 1.165) is 39.0 Å². The minimum atomic E-state index is -5.08. The molecule has 3 atom stereocenters. The summed E-state index contributed by atoms with van der Waals surface area (Å²) in [4.78, 5) is 41.2. The second-order valence-corrected chi connectivity index (χ2v) is 9.44. The van der Waals surface area contributed by atoms with Crippen LogP contribution in [0.1, 0.15) is 24.8 Å². The molecule has 1 aromatic rings. The highest BCUT2D eigenvalue weighted by atomic mass is 32.1. The van der Waals surface area contributed by atoms with Crippen LogP contribution in [0.2, 0.25) is 0 Å². The number of alkyl halides is 6. The zero-order chi connectivity index (χ0) is 27.8. The maximum Gasteiger partial charge on any atom is 0.490 e. The first kappa shape index (κ1) is 31.6. The predicted octanol–water partition coefficient (Wildman–Crippen LogP) is 2.78. The standard InChI is InChI=1S/C16H26N4OS.2C2HF3O2/c1-12(21)20-14(10-18(2)3)8-13-9-19(6-4-15(13)20)11-16-17-5-7-22-16;2*3-2(4,5)1(6)7/h5,7,13-15H,4,6,8-11H2,1-3H3;2*(H,6,7)/t13-,14+,15+;;/m1../s1. The number of likely N-dealkylation sites (N-methyl/N-ethyl adjacent to an activating group) is 1. The average Bonchev–Trinajstić information content (AvgIpc) is 3.33. The van der Waals surface area contributed by atoms with E-state index in [0.29, 0.717) is 18.0 Å². The molecule has 1 aromatic heterocycles. The molecule has 3 rings (SSSR count). The Morgan fingerprint density at radius 1 is 1.11 bits per heavy atom. The number of piperidine rings is 1. The number of hydrogen-bond acceptors (Lipinski definition) is 7. The number of carbonyl (C=O) groups is 3. The molecule has 9 nitrogen and oxygen atoms in total. The number of carboxylic acid groups (broad SMARTS) is 2. The van der Waals surface area contributed by atoms with Crippen LogP contribution in [-0.4, -0.2) is 106 Å². The third-order valence-corrected chi connectivity index (χ3v) is 6.13. The minimum absolute atomic E-state index is 0.243. The summed E-state index contributed by atoms with van der Waals surface area (Å²) < 4.78 is 63.5. The number of aliphatic carboxylic acids is 2. The Labute approximate surface area is 207 Å². The van der Waals surface area contributed by atoms with Crippen molar-refractivity contribution in [2.24, 2.45) is 5.92 Å². The van der Waals surface area contributed by atoms with Crippen LogP contribution in [0.25, 0.3) is 0 Å². The summed E-state index contributed by atoms with van der Waals surface area (Å²) in [7, 11) is 4.18. The number of thiazole rings is 1. The SMILES string of the molecule is CC(=O)N1[C@H](CN(C)C)C[C@@H]2CN(Cc3nccs3)CC[C@@H]21.O=C(O)C(F)(F)F.O=C(O)C(F)(F)F. The van der Waals surface area contributed by atoms with E-state index >= 15 is 0 Å². The van der Waals surface area contributed by atoms with Crippen LogP contribution in [0, 0.1) is 5.92 Å². The van der Waals surface area contributed by atoms with E-state index in [9.17, 15) is 31.1 Å². The van der Waals surface area contributed by atoms with Crippen molar-refractivity contribution in [2.45, 2.75) is 50.7 Å². The third-order valence-electron chi connectivity index (χ3n) is 5.37. The Balaban J connectivity index is 0.000000383. The molecule has 36 heavy (non-hydrogen) atoms. The molecule has 0 aromatic carbocycles. The van der Waals surface area contributed by atoms with Crippen LogP contribution < -0.4 is 0 Å². The molecule has 1 amide bonds. The lowest BCUT2D eigenvalue weighted by Gasteiger charge is -2.38. The van der Waals surface area contributed by atoms with Gasteiger partial charge >= 0.3 is 24.3 Å². The number of carboxylic acids is 2. The van der Waals surface area contributed by atoms with Crippen LogP contribution in [0.15, 0.2) is 11.6 Å². The minimum Gasteiger partial charge on any atom is -0.475 e. The molecule has 0 bridgehead atoms. The molecule has 206 valence electrons. The normalized spacial score (nSPS) is 22.2. The van der Waals surface area contributed by atoms with Crippen LogP contribution in [0.3, 0.4) is 0 Å². The number of hydrogen-bond donors (Lipinski definition) is 2. The van der Waals surface area contributed by atoms with Gasteiger partial charge in [-0.25, -0.2) is 14.6 Å². The molecule has 0 spiro atoms. The number of likely N-dealkylation sites (tertiary alicyclic amines) is 2. The van der Waals surface area contributed by atoms with Crippen molar-refractivity contribution >= 4 is 29.2 Å². The Kier molecular flexibility index (Phi) is 11.6. The van der Waals surface area contributed by atoms with Gasteiger partial charge in [0.2, 0.25) is 5.91 Å². The predicted molar refractivity (Wildman–Crippen MR) is 116 cm³/mol. The summed E-state index contributed by atoms with van der Waals surface area (Å²) in [6.45, 7) is 5.82. The molecule has 2 aliphatic rings. The second kappa shape index (κ2) is 13.2. The van der Waals surface area contributed by atoms with Gasteiger partial charge in [-0.15, -0.1) is 11.3 Å². The first-order chi connectivity index (χ1) is 16.4. The molecule has 0 aliphatic carbocycles. The molecular formula is C20H28F6N4O5S. The molecule has 16 heteroatoms. The quantitative estimate of drug-likeness (QED) is 0.551. The van der Waals surface area contributed by atoms with Gasteiger partial charge in [0.15, 0.2) is 0 Å². The number of rotatable bonds is 4. The van der Waals surface area contributed by atoms with Crippen molar-refractivity contribution in [3.05, 3.63) is 16.6 Å². The van der Waals surface area contributed by atoms with Gasteiger partial charge in [0, 0.05) is 50.2 Å². The first-order valence-electron chi connectivity index (χ1n) is 10.6. The molecule has 0 saturated carbocycles. The summed E-state index contributed by atoms with van der Waals surface area (Å²) in [6, 6.07) is 0.817. The number of amides is 1. The molecule has 0 radical (unpaired) electrons. The number of nitrogens with zero attached hydrogens (tertiary/aromatic N) is 4. The lowest BCUT2D eigenvalue weighted by atomic mass is 9.92. The number of carbonyl (C=O) groups excluding carboxylic acids is 1. The molecule has 2 aliphatic heterocycles. The van der Waals surface area contributed by atoms with Gasteiger partial charge in [-0.2, -0.15) is 26.3 Å². The van der Waals surface area contributed by atoms with Gasteiger partial charge < -0.3 is 20.0 Å². The highest BCUT2D eigenvalue weighted by molar-refractivity contribution is 7.09. The van der Waals surface area contributed by atoms with E-state index in [1.54, 1.807) is 18.3 Å². The zero-order valence-electron chi connectivity index (χ0n) is 19.7. The summed E-state index contributed by atoms with van der Waals surface area (Å²) >= 11 is 1.73.